The van der Waals surface area contributed by atoms with Gasteiger partial charge in [0, 0.05) is 16.8 Å². The molecule has 0 bridgehead atoms. The van der Waals surface area contributed by atoms with Gasteiger partial charge in [0.2, 0.25) is 10.0 Å². The zero-order valence-corrected chi connectivity index (χ0v) is 19.2. The fourth-order valence-electron chi connectivity index (χ4n) is 3.29. The lowest BCUT2D eigenvalue weighted by Crippen LogP contribution is -2.29. The zero-order valence-electron chi connectivity index (χ0n) is 18.3. The fourth-order valence-corrected chi connectivity index (χ4v) is 4.16. The number of ether oxygens (including phenoxy) is 1. The van der Waals surface area contributed by atoms with Crippen molar-refractivity contribution in [3.8, 4) is 5.75 Å². The number of benzene rings is 3. The lowest BCUT2D eigenvalue weighted by Gasteiger charge is -2.24. The third-order valence-electron chi connectivity index (χ3n) is 5.22. The first kappa shape index (κ1) is 23.3. The highest BCUT2D eigenvalue weighted by atomic mass is 32.2. The summed E-state index contributed by atoms with van der Waals surface area (Å²) >= 11 is 0. The highest BCUT2D eigenvalue weighted by Gasteiger charge is 2.21. The van der Waals surface area contributed by atoms with E-state index in [0.717, 1.165) is 21.7 Å². The van der Waals surface area contributed by atoms with Crippen LogP contribution in [0.1, 0.15) is 27.0 Å². The molecule has 0 unspecified atom stereocenters. The maximum Gasteiger partial charge on any atom is 0.255 e. The molecule has 3 aromatic rings. The number of nitrogens with zero attached hydrogens (tertiary/aromatic N) is 1. The van der Waals surface area contributed by atoms with E-state index in [1.165, 1.54) is 31.4 Å². The Kier molecular flexibility index (Phi) is 6.84. The fraction of sp³-hybridized carbons (Fsp3) is 0.208. The molecule has 6 nitrogen and oxygen atoms in total. The van der Waals surface area contributed by atoms with Crippen LogP contribution in [-0.4, -0.2) is 27.7 Å². The van der Waals surface area contributed by atoms with E-state index in [1.54, 1.807) is 18.2 Å². The zero-order chi connectivity index (χ0) is 23.5. The summed E-state index contributed by atoms with van der Waals surface area (Å²) in [5.74, 6) is -0.357. The van der Waals surface area contributed by atoms with Gasteiger partial charge in [0.1, 0.15) is 11.6 Å². The third kappa shape index (κ3) is 5.26. The Bertz CT molecular complexity index is 1240. The van der Waals surface area contributed by atoms with E-state index in [0.29, 0.717) is 28.3 Å². The summed E-state index contributed by atoms with van der Waals surface area (Å²) in [6.45, 7) is 3.81. The standard InChI is InChI=1S/C24H25FN2O4S/c1-16-6-5-7-22(17(16)2)26-24(28)18-8-13-23(31-3)19(14-18)15-27(32(4,29)30)21-11-9-20(25)10-12-21/h5-14H,15H2,1-4H3,(H,26,28). The Morgan fingerprint density at radius 2 is 1.75 bits per heavy atom. The van der Waals surface area contributed by atoms with Crippen LogP contribution in [0.4, 0.5) is 15.8 Å². The number of methoxy groups -OCH3 is 1. The van der Waals surface area contributed by atoms with E-state index in [1.807, 2.05) is 32.0 Å². The highest BCUT2D eigenvalue weighted by Crippen LogP contribution is 2.27. The topological polar surface area (TPSA) is 75.7 Å². The molecule has 32 heavy (non-hydrogen) atoms. The summed E-state index contributed by atoms with van der Waals surface area (Å²) in [5.41, 5.74) is 3.89. The number of sulfonamides is 1. The molecule has 168 valence electrons. The van der Waals surface area contributed by atoms with Crippen LogP contribution in [0.15, 0.2) is 60.7 Å². The summed E-state index contributed by atoms with van der Waals surface area (Å²) in [6.07, 6.45) is 1.07. The summed E-state index contributed by atoms with van der Waals surface area (Å²) in [6, 6.07) is 15.7. The van der Waals surface area contributed by atoms with Crippen LogP contribution in [0.2, 0.25) is 0 Å². The van der Waals surface area contributed by atoms with E-state index in [2.05, 4.69) is 5.32 Å². The molecule has 0 heterocycles. The molecular formula is C24H25FN2O4S. The summed E-state index contributed by atoms with van der Waals surface area (Å²) in [4.78, 5) is 12.9. The van der Waals surface area contributed by atoms with E-state index >= 15 is 0 Å². The third-order valence-corrected chi connectivity index (χ3v) is 6.36. The van der Waals surface area contributed by atoms with E-state index < -0.39 is 15.8 Å². The van der Waals surface area contributed by atoms with Gasteiger partial charge in [-0.15, -0.1) is 0 Å². The van der Waals surface area contributed by atoms with Crippen LogP contribution in [0.25, 0.3) is 0 Å². The number of halogens is 1. The van der Waals surface area contributed by atoms with Crippen molar-refractivity contribution in [1.29, 1.82) is 0 Å². The quantitative estimate of drug-likeness (QED) is 0.561. The van der Waals surface area contributed by atoms with E-state index in [9.17, 15) is 17.6 Å². The average Bonchev–Trinajstić information content (AvgIpc) is 2.75. The molecule has 0 fully saturated rings. The van der Waals surface area contributed by atoms with Crippen molar-refractivity contribution in [2.75, 3.05) is 23.0 Å². The monoisotopic (exact) mass is 456 g/mol. The minimum absolute atomic E-state index is 0.0851. The van der Waals surface area contributed by atoms with Crippen LogP contribution >= 0.6 is 0 Å². The summed E-state index contributed by atoms with van der Waals surface area (Å²) in [5, 5.41) is 2.90. The number of hydrogen-bond acceptors (Lipinski definition) is 4. The van der Waals surface area contributed by atoms with Crippen LogP contribution in [0, 0.1) is 19.7 Å². The molecule has 0 aromatic heterocycles. The van der Waals surface area contributed by atoms with Gasteiger partial charge in [-0.05, 0) is 73.5 Å². The number of carbonyl (C=O) groups is 1. The van der Waals surface area contributed by atoms with Crippen LogP contribution < -0.4 is 14.4 Å². The van der Waals surface area contributed by atoms with Crippen molar-refractivity contribution in [1.82, 2.24) is 0 Å². The second kappa shape index (κ2) is 9.40. The molecule has 8 heteroatoms. The molecule has 1 N–H and O–H groups in total. The maximum absolute atomic E-state index is 13.3. The highest BCUT2D eigenvalue weighted by molar-refractivity contribution is 7.92. The minimum atomic E-state index is -3.69. The van der Waals surface area contributed by atoms with Crippen molar-refractivity contribution in [2.45, 2.75) is 20.4 Å². The Morgan fingerprint density at radius 3 is 2.38 bits per heavy atom. The van der Waals surface area contributed by atoms with Gasteiger partial charge in [0.15, 0.2) is 0 Å². The Balaban J connectivity index is 1.95. The molecule has 0 radical (unpaired) electrons. The molecule has 0 aliphatic heterocycles. The van der Waals surface area contributed by atoms with Gasteiger partial charge >= 0.3 is 0 Å². The van der Waals surface area contributed by atoms with Crippen LogP contribution in [0.3, 0.4) is 0 Å². The van der Waals surface area contributed by atoms with Crippen LogP contribution in [0.5, 0.6) is 5.75 Å². The lowest BCUT2D eigenvalue weighted by atomic mass is 10.1. The number of amides is 1. The molecule has 0 atom stereocenters. The predicted octanol–water partition coefficient (Wildman–Crippen LogP) is 4.67. The van der Waals surface area contributed by atoms with Crippen molar-refractivity contribution in [2.24, 2.45) is 0 Å². The Labute approximate surface area is 187 Å². The summed E-state index contributed by atoms with van der Waals surface area (Å²) < 4.78 is 44.8. The minimum Gasteiger partial charge on any atom is -0.496 e. The number of anilines is 2. The smallest absolute Gasteiger partial charge is 0.255 e. The van der Waals surface area contributed by atoms with Gasteiger partial charge in [-0.1, -0.05) is 12.1 Å². The van der Waals surface area contributed by atoms with Crippen molar-refractivity contribution < 1.29 is 22.3 Å². The maximum atomic E-state index is 13.3. The molecule has 0 saturated heterocycles. The second-order valence-corrected chi connectivity index (χ2v) is 9.38. The second-order valence-electron chi connectivity index (χ2n) is 7.47. The summed E-state index contributed by atoms with van der Waals surface area (Å²) in [7, 11) is -2.22. The molecule has 0 spiro atoms. The van der Waals surface area contributed by atoms with E-state index in [4.69, 9.17) is 4.74 Å². The molecule has 0 aliphatic carbocycles. The number of carbonyl (C=O) groups excluding carboxylic acids is 1. The van der Waals surface area contributed by atoms with Crippen molar-refractivity contribution >= 4 is 27.3 Å². The largest absolute Gasteiger partial charge is 0.496 e. The first-order valence-corrected chi connectivity index (χ1v) is 11.7. The molecule has 3 rings (SSSR count). The number of hydrogen-bond donors (Lipinski definition) is 1. The number of nitrogens with one attached hydrogen (secondary N) is 1. The average molecular weight is 457 g/mol. The van der Waals surface area contributed by atoms with Gasteiger partial charge in [-0.2, -0.15) is 0 Å². The predicted molar refractivity (Wildman–Crippen MR) is 124 cm³/mol. The van der Waals surface area contributed by atoms with E-state index in [-0.39, 0.29) is 12.5 Å². The van der Waals surface area contributed by atoms with Gasteiger partial charge in [0.05, 0.1) is 25.6 Å². The molecule has 0 saturated carbocycles. The Hall–Kier alpha value is -3.39. The van der Waals surface area contributed by atoms with Crippen molar-refractivity contribution in [3.63, 3.8) is 0 Å². The van der Waals surface area contributed by atoms with Crippen LogP contribution in [-0.2, 0) is 16.6 Å². The van der Waals surface area contributed by atoms with Gasteiger partial charge in [-0.3, -0.25) is 9.10 Å². The molecular weight excluding hydrogens is 431 g/mol. The van der Waals surface area contributed by atoms with Gasteiger partial charge in [-0.25, -0.2) is 12.8 Å². The number of rotatable bonds is 7. The Morgan fingerprint density at radius 1 is 1.06 bits per heavy atom. The SMILES string of the molecule is COc1ccc(C(=O)Nc2cccc(C)c2C)cc1CN(c1ccc(F)cc1)S(C)(=O)=O. The van der Waals surface area contributed by atoms with Gasteiger partial charge in [0.25, 0.3) is 5.91 Å². The first-order valence-electron chi connectivity index (χ1n) is 9.88. The normalized spacial score (nSPS) is 11.2. The van der Waals surface area contributed by atoms with Gasteiger partial charge < -0.3 is 10.1 Å². The van der Waals surface area contributed by atoms with Crippen molar-refractivity contribution in [3.05, 3.63) is 88.7 Å². The molecule has 1 amide bonds. The first-order chi connectivity index (χ1) is 15.1. The lowest BCUT2D eigenvalue weighted by molar-refractivity contribution is 0.102. The number of aryl methyl sites for hydroxylation is 1. The molecule has 3 aromatic carbocycles. The molecule has 0 aliphatic rings.